The Hall–Kier alpha value is -3.93. The molecule has 1 unspecified atom stereocenters. The number of rotatable bonds is 45. The Bertz CT molecular complexity index is 1340. The SMILES string of the molecule is CC/C=C\C/C=C\C/C=C\C/C=C\C/C=C\CCCC(=O)OC(COC(=O)CCCCCCC/C=C\CCC)COC(=O)CCCCCCCC/C=C\C/C=C\C/C=C\CCCCC. The summed E-state index contributed by atoms with van der Waals surface area (Å²) >= 11 is 0. The van der Waals surface area contributed by atoms with Gasteiger partial charge < -0.3 is 14.2 Å². The van der Waals surface area contributed by atoms with Crippen molar-refractivity contribution in [1.29, 1.82) is 0 Å². The number of hydrogen-bond acceptors (Lipinski definition) is 6. The van der Waals surface area contributed by atoms with Crippen LogP contribution in [0.4, 0.5) is 0 Å². The second-order valence-corrected chi connectivity index (χ2v) is 16.7. The first-order valence-corrected chi connectivity index (χ1v) is 25.9. The third-order valence-corrected chi connectivity index (χ3v) is 10.5. The normalized spacial score (nSPS) is 13.0. The van der Waals surface area contributed by atoms with E-state index in [2.05, 4.69) is 130 Å². The van der Waals surface area contributed by atoms with Crippen molar-refractivity contribution in [3.05, 3.63) is 109 Å². The molecule has 64 heavy (non-hydrogen) atoms. The van der Waals surface area contributed by atoms with Crippen LogP contribution < -0.4 is 0 Å². The van der Waals surface area contributed by atoms with E-state index < -0.39 is 6.10 Å². The van der Waals surface area contributed by atoms with Crippen LogP contribution in [0, 0.1) is 0 Å². The molecule has 0 aromatic carbocycles. The van der Waals surface area contributed by atoms with Gasteiger partial charge in [0.05, 0.1) is 0 Å². The van der Waals surface area contributed by atoms with Crippen molar-refractivity contribution in [2.75, 3.05) is 13.2 Å². The van der Waals surface area contributed by atoms with E-state index >= 15 is 0 Å². The minimum atomic E-state index is -0.817. The first kappa shape index (κ1) is 60.1. The molecule has 362 valence electrons. The van der Waals surface area contributed by atoms with E-state index in [0.717, 1.165) is 122 Å². The summed E-state index contributed by atoms with van der Waals surface area (Å²) in [6.07, 6.45) is 69.4. The average molecular weight is 887 g/mol. The van der Waals surface area contributed by atoms with Gasteiger partial charge in [0, 0.05) is 19.3 Å². The van der Waals surface area contributed by atoms with E-state index in [4.69, 9.17) is 14.2 Å². The summed E-state index contributed by atoms with van der Waals surface area (Å²) in [6.45, 7) is 6.35. The van der Waals surface area contributed by atoms with Crippen LogP contribution in [0.5, 0.6) is 0 Å². The van der Waals surface area contributed by atoms with Crippen molar-refractivity contribution in [1.82, 2.24) is 0 Å². The van der Waals surface area contributed by atoms with Crippen molar-refractivity contribution in [2.24, 2.45) is 0 Å². The Morgan fingerprint density at radius 1 is 0.328 bits per heavy atom. The van der Waals surface area contributed by atoms with Crippen molar-refractivity contribution < 1.29 is 28.6 Å². The van der Waals surface area contributed by atoms with E-state index in [0.29, 0.717) is 19.3 Å². The lowest BCUT2D eigenvalue weighted by Gasteiger charge is -2.18. The van der Waals surface area contributed by atoms with Crippen LogP contribution in [0.1, 0.15) is 220 Å². The van der Waals surface area contributed by atoms with Gasteiger partial charge in [0.15, 0.2) is 6.10 Å². The summed E-state index contributed by atoms with van der Waals surface area (Å²) in [5.41, 5.74) is 0. The molecule has 0 radical (unpaired) electrons. The van der Waals surface area contributed by atoms with Gasteiger partial charge in [-0.25, -0.2) is 0 Å². The monoisotopic (exact) mass is 887 g/mol. The first-order valence-electron chi connectivity index (χ1n) is 25.9. The molecule has 6 nitrogen and oxygen atoms in total. The lowest BCUT2D eigenvalue weighted by atomic mass is 10.1. The van der Waals surface area contributed by atoms with Gasteiger partial charge in [-0.3, -0.25) is 14.4 Å². The number of carbonyl (C=O) groups is 3. The molecule has 0 saturated carbocycles. The zero-order valence-electron chi connectivity index (χ0n) is 41.3. The average Bonchev–Trinajstić information content (AvgIpc) is 3.29. The lowest BCUT2D eigenvalue weighted by molar-refractivity contribution is -0.167. The molecule has 0 fully saturated rings. The molecule has 0 rings (SSSR count). The van der Waals surface area contributed by atoms with Gasteiger partial charge in [-0.05, 0) is 116 Å². The summed E-state index contributed by atoms with van der Waals surface area (Å²) in [7, 11) is 0. The molecule has 0 amide bonds. The highest BCUT2D eigenvalue weighted by Crippen LogP contribution is 2.12. The summed E-state index contributed by atoms with van der Waals surface area (Å²) < 4.78 is 16.7. The van der Waals surface area contributed by atoms with Crippen LogP contribution in [-0.2, 0) is 28.6 Å². The topological polar surface area (TPSA) is 78.9 Å². The Morgan fingerprint density at radius 3 is 1.08 bits per heavy atom. The van der Waals surface area contributed by atoms with Gasteiger partial charge in [-0.2, -0.15) is 0 Å². The maximum Gasteiger partial charge on any atom is 0.306 e. The molecule has 0 heterocycles. The second kappa shape index (κ2) is 51.7. The smallest absolute Gasteiger partial charge is 0.306 e. The Kier molecular flexibility index (Phi) is 48.5. The summed E-state index contributed by atoms with van der Waals surface area (Å²) in [5.74, 6) is -1.00. The van der Waals surface area contributed by atoms with Gasteiger partial charge in [-0.15, -0.1) is 0 Å². The van der Waals surface area contributed by atoms with Gasteiger partial charge in [-0.1, -0.05) is 194 Å². The highest BCUT2D eigenvalue weighted by Gasteiger charge is 2.19. The van der Waals surface area contributed by atoms with Crippen molar-refractivity contribution >= 4 is 17.9 Å². The zero-order valence-corrected chi connectivity index (χ0v) is 41.3. The minimum absolute atomic E-state index is 0.112. The van der Waals surface area contributed by atoms with Crippen LogP contribution >= 0.6 is 0 Å². The van der Waals surface area contributed by atoms with Crippen LogP contribution in [0.2, 0.25) is 0 Å². The molecule has 0 bridgehead atoms. The standard InChI is InChI=1S/C58H94O6/c1-4-7-10-13-16-19-22-24-26-28-29-31-32-34-36-39-42-45-48-51-57(60)63-54-55(53-62-56(59)50-47-44-41-38-21-18-15-12-9-6-3)64-58(61)52-49-46-43-40-37-35-33-30-27-25-23-20-17-14-11-8-5-2/h8,11-12,15-17,19-20,24-27,29,31,33,35,40,43,55H,4-7,9-10,13-14,18,21-23,28,30,32,34,36-39,41-42,44-54H2,1-3H3/b11-8-,15-12-,19-16-,20-17-,26-24-,27-25-,31-29-,35-33-,43-40-. The number of allylic oxidation sites excluding steroid dienone is 18. The van der Waals surface area contributed by atoms with Gasteiger partial charge in [0.25, 0.3) is 0 Å². The van der Waals surface area contributed by atoms with E-state index in [-0.39, 0.29) is 37.5 Å². The van der Waals surface area contributed by atoms with E-state index in [9.17, 15) is 14.4 Å². The van der Waals surface area contributed by atoms with Gasteiger partial charge in [0.1, 0.15) is 13.2 Å². The summed E-state index contributed by atoms with van der Waals surface area (Å²) in [4.78, 5) is 37.9. The molecule has 6 heteroatoms. The number of unbranched alkanes of at least 4 members (excludes halogenated alkanes) is 16. The highest BCUT2D eigenvalue weighted by molar-refractivity contribution is 5.71. The Morgan fingerprint density at radius 2 is 0.656 bits per heavy atom. The van der Waals surface area contributed by atoms with Crippen LogP contribution in [0.25, 0.3) is 0 Å². The fourth-order valence-electron chi connectivity index (χ4n) is 6.60. The van der Waals surface area contributed by atoms with Gasteiger partial charge in [0.2, 0.25) is 0 Å². The molecule has 0 saturated heterocycles. The van der Waals surface area contributed by atoms with E-state index in [1.807, 2.05) is 0 Å². The molecule has 0 N–H and O–H groups in total. The van der Waals surface area contributed by atoms with Crippen LogP contribution in [0.15, 0.2) is 109 Å². The summed E-state index contributed by atoms with van der Waals surface area (Å²) in [6, 6.07) is 0. The Balaban J connectivity index is 4.48. The number of carbonyl (C=O) groups excluding carboxylic acids is 3. The van der Waals surface area contributed by atoms with Crippen molar-refractivity contribution in [2.45, 2.75) is 226 Å². The van der Waals surface area contributed by atoms with Crippen molar-refractivity contribution in [3.63, 3.8) is 0 Å². The molecule has 0 aliphatic carbocycles. The Labute approximate surface area is 393 Å². The predicted octanol–water partition coefficient (Wildman–Crippen LogP) is 17.1. The third kappa shape index (κ3) is 49.1. The summed E-state index contributed by atoms with van der Waals surface area (Å²) in [5, 5.41) is 0. The van der Waals surface area contributed by atoms with Gasteiger partial charge >= 0.3 is 17.9 Å². The fraction of sp³-hybridized carbons (Fsp3) is 0.638. The molecule has 0 aromatic heterocycles. The number of ether oxygens (including phenoxy) is 3. The van der Waals surface area contributed by atoms with E-state index in [1.54, 1.807) is 0 Å². The zero-order chi connectivity index (χ0) is 46.5. The second-order valence-electron chi connectivity index (χ2n) is 16.7. The largest absolute Gasteiger partial charge is 0.462 e. The quantitative estimate of drug-likeness (QED) is 0.0262. The molecular weight excluding hydrogens is 793 g/mol. The van der Waals surface area contributed by atoms with Crippen molar-refractivity contribution in [3.8, 4) is 0 Å². The molecule has 0 aliphatic rings. The lowest BCUT2D eigenvalue weighted by Crippen LogP contribution is -2.30. The maximum atomic E-state index is 12.8. The highest BCUT2D eigenvalue weighted by atomic mass is 16.6. The molecular formula is C58H94O6. The van der Waals surface area contributed by atoms with Crippen LogP contribution in [-0.4, -0.2) is 37.2 Å². The molecule has 0 spiro atoms. The molecule has 0 aliphatic heterocycles. The fourth-order valence-corrected chi connectivity index (χ4v) is 6.60. The number of esters is 3. The molecule has 0 aromatic rings. The van der Waals surface area contributed by atoms with E-state index in [1.165, 1.54) is 51.4 Å². The first-order chi connectivity index (χ1) is 31.5. The number of hydrogen-bond donors (Lipinski definition) is 0. The predicted molar refractivity (Wildman–Crippen MR) is 274 cm³/mol. The minimum Gasteiger partial charge on any atom is -0.462 e. The molecule has 1 atom stereocenters. The maximum absolute atomic E-state index is 12.8. The van der Waals surface area contributed by atoms with Crippen LogP contribution in [0.3, 0.4) is 0 Å². The third-order valence-electron chi connectivity index (χ3n) is 10.5.